The molecule has 0 bridgehead atoms. The van der Waals surface area contributed by atoms with Crippen LogP contribution < -0.4 is 4.74 Å². The van der Waals surface area contributed by atoms with E-state index >= 15 is 0 Å². The summed E-state index contributed by atoms with van der Waals surface area (Å²) in [7, 11) is 1.54. The summed E-state index contributed by atoms with van der Waals surface area (Å²) < 4.78 is 43.8. The molecule has 9 heteroatoms. The van der Waals surface area contributed by atoms with Gasteiger partial charge >= 0.3 is 6.18 Å². The quantitative estimate of drug-likeness (QED) is 0.730. The summed E-state index contributed by atoms with van der Waals surface area (Å²) in [5.41, 5.74) is 0.689. The molecular weight excluding hydrogens is 293 g/mol. The first-order valence-corrected chi connectivity index (χ1v) is 6.24. The SMILES string of the molecule is COc1ccc(-c2nn3c(C(F)(F)F)nnc3s2)cc1. The van der Waals surface area contributed by atoms with Crippen molar-refractivity contribution in [3.05, 3.63) is 30.1 Å². The van der Waals surface area contributed by atoms with Crippen LogP contribution >= 0.6 is 11.3 Å². The van der Waals surface area contributed by atoms with Crippen LogP contribution in [0.25, 0.3) is 15.5 Å². The molecule has 0 spiro atoms. The Morgan fingerprint density at radius 1 is 1.15 bits per heavy atom. The number of ether oxygens (including phenoxy) is 1. The van der Waals surface area contributed by atoms with Gasteiger partial charge in [0.15, 0.2) is 0 Å². The number of fused-ring (bicyclic) bond motifs is 1. The van der Waals surface area contributed by atoms with Gasteiger partial charge in [0.25, 0.3) is 5.82 Å². The number of alkyl halides is 3. The fraction of sp³-hybridized carbons (Fsp3) is 0.182. The van der Waals surface area contributed by atoms with E-state index in [-0.39, 0.29) is 4.96 Å². The molecule has 3 aromatic rings. The van der Waals surface area contributed by atoms with Crippen molar-refractivity contribution >= 4 is 16.3 Å². The molecule has 5 nitrogen and oxygen atoms in total. The van der Waals surface area contributed by atoms with Gasteiger partial charge in [-0.1, -0.05) is 11.3 Å². The van der Waals surface area contributed by atoms with Gasteiger partial charge in [-0.3, -0.25) is 0 Å². The highest BCUT2D eigenvalue weighted by Crippen LogP contribution is 2.32. The third kappa shape index (κ3) is 2.09. The minimum atomic E-state index is -4.58. The molecule has 0 fully saturated rings. The van der Waals surface area contributed by atoms with E-state index in [1.807, 2.05) is 0 Å². The van der Waals surface area contributed by atoms with Crippen LogP contribution in [0.5, 0.6) is 5.75 Å². The van der Waals surface area contributed by atoms with Gasteiger partial charge in [-0.25, -0.2) is 0 Å². The van der Waals surface area contributed by atoms with Crippen molar-refractivity contribution in [2.24, 2.45) is 0 Å². The third-order valence-corrected chi connectivity index (χ3v) is 3.53. The molecule has 0 saturated heterocycles. The lowest BCUT2D eigenvalue weighted by atomic mass is 10.2. The van der Waals surface area contributed by atoms with Crippen LogP contribution in [-0.4, -0.2) is 26.9 Å². The van der Waals surface area contributed by atoms with Crippen molar-refractivity contribution in [2.75, 3.05) is 7.11 Å². The molecule has 0 unspecified atom stereocenters. The third-order valence-electron chi connectivity index (χ3n) is 2.58. The molecule has 1 aromatic carbocycles. The Bertz CT molecular complexity index is 747. The number of hydrogen-bond donors (Lipinski definition) is 0. The van der Waals surface area contributed by atoms with Gasteiger partial charge in [0, 0.05) is 5.56 Å². The second-order valence-corrected chi connectivity index (χ2v) is 4.81. The summed E-state index contributed by atoms with van der Waals surface area (Å²) in [6.07, 6.45) is -4.58. The zero-order valence-corrected chi connectivity index (χ0v) is 10.9. The van der Waals surface area contributed by atoms with E-state index in [9.17, 15) is 13.2 Å². The van der Waals surface area contributed by atoms with Gasteiger partial charge in [0.05, 0.1) is 7.11 Å². The number of benzene rings is 1. The molecule has 0 aliphatic rings. The van der Waals surface area contributed by atoms with E-state index in [1.165, 1.54) is 7.11 Å². The molecule has 0 N–H and O–H groups in total. The van der Waals surface area contributed by atoms with Gasteiger partial charge in [-0.2, -0.15) is 22.8 Å². The molecule has 0 saturated carbocycles. The molecule has 0 aliphatic carbocycles. The maximum atomic E-state index is 12.7. The monoisotopic (exact) mass is 300 g/mol. The molecule has 0 atom stereocenters. The zero-order chi connectivity index (χ0) is 14.3. The first-order chi connectivity index (χ1) is 9.49. The summed E-state index contributed by atoms with van der Waals surface area (Å²) in [4.78, 5) is 0.100. The van der Waals surface area contributed by atoms with Crippen LogP contribution in [-0.2, 0) is 6.18 Å². The normalized spacial score (nSPS) is 12.0. The Hall–Kier alpha value is -2.16. The van der Waals surface area contributed by atoms with Gasteiger partial charge in [-0.15, -0.1) is 10.2 Å². The average Bonchev–Trinajstić information content (AvgIpc) is 2.97. The molecule has 3 rings (SSSR count). The number of rotatable bonds is 2. The predicted molar refractivity (Wildman–Crippen MR) is 65.6 cm³/mol. The van der Waals surface area contributed by atoms with Crippen LogP contribution in [0.15, 0.2) is 24.3 Å². The molecule has 0 amide bonds. The van der Waals surface area contributed by atoms with Gasteiger partial charge < -0.3 is 4.74 Å². The van der Waals surface area contributed by atoms with E-state index in [2.05, 4.69) is 15.3 Å². The minimum Gasteiger partial charge on any atom is -0.497 e. The van der Waals surface area contributed by atoms with Crippen LogP contribution in [0.3, 0.4) is 0 Å². The van der Waals surface area contributed by atoms with E-state index in [0.717, 1.165) is 11.3 Å². The van der Waals surface area contributed by atoms with Crippen molar-refractivity contribution < 1.29 is 17.9 Å². The maximum Gasteiger partial charge on any atom is 0.453 e. The highest BCUT2D eigenvalue weighted by Gasteiger charge is 2.38. The lowest BCUT2D eigenvalue weighted by Gasteiger charge is -2.01. The Morgan fingerprint density at radius 3 is 2.45 bits per heavy atom. The summed E-state index contributed by atoms with van der Waals surface area (Å²) >= 11 is 1.04. The van der Waals surface area contributed by atoms with Crippen molar-refractivity contribution in [2.45, 2.75) is 6.18 Å². The van der Waals surface area contributed by atoms with E-state index in [0.29, 0.717) is 20.8 Å². The van der Waals surface area contributed by atoms with E-state index in [4.69, 9.17) is 4.74 Å². The Labute approximate surface area is 114 Å². The Balaban J connectivity index is 2.06. The molecule has 0 aliphatic heterocycles. The molecule has 2 aromatic heterocycles. The zero-order valence-electron chi connectivity index (χ0n) is 10.0. The molecule has 20 heavy (non-hydrogen) atoms. The highest BCUT2D eigenvalue weighted by molar-refractivity contribution is 7.19. The van der Waals surface area contributed by atoms with Crippen molar-refractivity contribution in [3.63, 3.8) is 0 Å². The fourth-order valence-corrected chi connectivity index (χ4v) is 2.49. The van der Waals surface area contributed by atoms with Crippen molar-refractivity contribution in [1.82, 2.24) is 19.8 Å². The van der Waals surface area contributed by atoms with E-state index in [1.54, 1.807) is 24.3 Å². The van der Waals surface area contributed by atoms with Gasteiger partial charge in [-0.05, 0) is 24.3 Å². The minimum absolute atomic E-state index is 0.100. The molecule has 104 valence electrons. The number of methoxy groups -OCH3 is 1. The molecule has 0 radical (unpaired) electrons. The largest absolute Gasteiger partial charge is 0.497 e. The smallest absolute Gasteiger partial charge is 0.453 e. The highest BCUT2D eigenvalue weighted by atomic mass is 32.1. The standard InChI is InChI=1S/C11H7F3N4OS/c1-19-7-4-2-6(3-5-7)8-17-18-9(11(12,13)14)15-16-10(18)20-8/h2-5H,1H3. The maximum absolute atomic E-state index is 12.7. The lowest BCUT2D eigenvalue weighted by molar-refractivity contribution is -0.146. The van der Waals surface area contributed by atoms with Crippen LogP contribution in [0.4, 0.5) is 13.2 Å². The Kier molecular flexibility index (Phi) is 2.85. The van der Waals surface area contributed by atoms with Gasteiger partial charge in [0.1, 0.15) is 10.8 Å². The second kappa shape index (κ2) is 4.44. The first kappa shape index (κ1) is 12.9. The number of aromatic nitrogens is 4. The van der Waals surface area contributed by atoms with Crippen LogP contribution in [0, 0.1) is 0 Å². The topological polar surface area (TPSA) is 52.3 Å². The van der Waals surface area contributed by atoms with Crippen LogP contribution in [0.2, 0.25) is 0 Å². The Morgan fingerprint density at radius 2 is 1.85 bits per heavy atom. The molecule has 2 heterocycles. The first-order valence-electron chi connectivity index (χ1n) is 5.43. The summed E-state index contributed by atoms with van der Waals surface area (Å²) in [5.74, 6) is -0.462. The summed E-state index contributed by atoms with van der Waals surface area (Å²) in [6, 6.07) is 6.86. The summed E-state index contributed by atoms with van der Waals surface area (Å²) in [6.45, 7) is 0. The number of hydrogen-bond acceptors (Lipinski definition) is 5. The second-order valence-electron chi connectivity index (χ2n) is 3.85. The van der Waals surface area contributed by atoms with Gasteiger partial charge in [0.2, 0.25) is 4.96 Å². The summed E-state index contributed by atoms with van der Waals surface area (Å²) in [5, 5.41) is 10.9. The van der Waals surface area contributed by atoms with Crippen LogP contribution in [0.1, 0.15) is 5.82 Å². The van der Waals surface area contributed by atoms with E-state index < -0.39 is 12.0 Å². The van der Waals surface area contributed by atoms with Crippen molar-refractivity contribution in [1.29, 1.82) is 0 Å². The number of halogens is 3. The number of nitrogens with zero attached hydrogens (tertiary/aromatic N) is 4. The fourth-order valence-electron chi connectivity index (χ4n) is 1.64. The lowest BCUT2D eigenvalue weighted by Crippen LogP contribution is -2.11. The van der Waals surface area contributed by atoms with Crippen molar-refractivity contribution in [3.8, 4) is 16.3 Å². The predicted octanol–water partition coefficient (Wildman–Crippen LogP) is 2.88. The molecular formula is C11H7F3N4OS. The average molecular weight is 300 g/mol.